The monoisotopic (exact) mass is 384 g/mol. The average molecular weight is 384 g/mol. The Morgan fingerprint density at radius 2 is 1.79 bits per heavy atom. The number of hydrogen-bond donors (Lipinski definition) is 0. The Morgan fingerprint density at radius 1 is 1.04 bits per heavy atom. The molecule has 142 valence electrons. The average Bonchev–Trinajstić information content (AvgIpc) is 3.11. The number of fused-ring (bicyclic) bond motifs is 2. The zero-order valence-corrected chi connectivity index (χ0v) is 14.8. The topological polar surface area (TPSA) is 46.3 Å². The van der Waals surface area contributed by atoms with E-state index in [0.717, 1.165) is 16.3 Å². The summed E-state index contributed by atoms with van der Waals surface area (Å²) >= 11 is 0. The van der Waals surface area contributed by atoms with Gasteiger partial charge in [-0.05, 0) is 48.0 Å². The van der Waals surface area contributed by atoms with Crippen molar-refractivity contribution in [1.82, 2.24) is 4.98 Å². The Labute approximate surface area is 158 Å². The molecule has 0 bridgehead atoms. The van der Waals surface area contributed by atoms with Gasteiger partial charge in [0.2, 0.25) is 5.89 Å². The van der Waals surface area contributed by atoms with E-state index in [1.165, 1.54) is 25.1 Å². The van der Waals surface area contributed by atoms with Crippen LogP contribution in [0.4, 0.5) is 18.9 Å². The van der Waals surface area contributed by atoms with Crippen molar-refractivity contribution in [3.8, 4) is 11.5 Å². The maximum atomic E-state index is 12.8. The van der Waals surface area contributed by atoms with Crippen LogP contribution >= 0.6 is 0 Å². The minimum absolute atomic E-state index is 0.112. The first-order valence-electron chi connectivity index (χ1n) is 8.65. The first-order chi connectivity index (χ1) is 13.4. The molecule has 1 aromatic heterocycles. The van der Waals surface area contributed by atoms with E-state index in [1.807, 2.05) is 42.5 Å². The molecule has 0 N–H and O–H groups in total. The molecule has 1 heterocycles. The van der Waals surface area contributed by atoms with Gasteiger partial charge in [0.05, 0.1) is 0 Å². The minimum atomic E-state index is -4.94. The molecule has 0 spiro atoms. The smallest absolute Gasteiger partial charge is 0.436 e. The van der Waals surface area contributed by atoms with Crippen molar-refractivity contribution in [2.75, 3.05) is 11.4 Å². The standard InChI is InChI=1S/C21H15F3N2O2/c1-2-26(20(27)21(22,23)24)16-9-10-18-17(12-16)25-19(28-18)15-8-7-13-5-3-4-6-14(13)11-15/h3-12H,2H2,1H3. The van der Waals surface area contributed by atoms with E-state index in [9.17, 15) is 18.0 Å². The van der Waals surface area contributed by atoms with Crippen molar-refractivity contribution in [2.45, 2.75) is 13.1 Å². The number of benzene rings is 3. The molecule has 7 heteroatoms. The SMILES string of the molecule is CCN(C(=O)C(F)(F)F)c1ccc2oc(-c3ccc4ccccc4c3)nc2c1. The fourth-order valence-electron chi connectivity index (χ4n) is 3.13. The zero-order chi connectivity index (χ0) is 19.9. The minimum Gasteiger partial charge on any atom is -0.436 e. The van der Waals surface area contributed by atoms with Crippen molar-refractivity contribution in [2.24, 2.45) is 0 Å². The lowest BCUT2D eigenvalue weighted by atomic mass is 10.1. The predicted octanol–water partition coefficient (Wildman–Crippen LogP) is 5.56. The van der Waals surface area contributed by atoms with Crippen LogP contribution in [0.15, 0.2) is 65.1 Å². The lowest BCUT2D eigenvalue weighted by Crippen LogP contribution is -2.41. The molecule has 4 nitrogen and oxygen atoms in total. The van der Waals surface area contributed by atoms with Gasteiger partial charge >= 0.3 is 12.1 Å². The summed E-state index contributed by atoms with van der Waals surface area (Å²) in [6.45, 7) is 1.37. The second-order valence-corrected chi connectivity index (χ2v) is 6.28. The number of anilines is 1. The highest BCUT2D eigenvalue weighted by Crippen LogP contribution is 2.30. The van der Waals surface area contributed by atoms with Crippen molar-refractivity contribution >= 4 is 33.5 Å². The number of aromatic nitrogens is 1. The van der Waals surface area contributed by atoms with Gasteiger partial charge < -0.3 is 9.32 Å². The quantitative estimate of drug-likeness (QED) is 0.464. The van der Waals surface area contributed by atoms with Gasteiger partial charge in [-0.1, -0.05) is 30.3 Å². The molecule has 4 aromatic rings. The van der Waals surface area contributed by atoms with E-state index < -0.39 is 12.1 Å². The Morgan fingerprint density at radius 3 is 2.50 bits per heavy atom. The number of carbonyl (C=O) groups excluding carboxylic acids is 1. The summed E-state index contributed by atoms with van der Waals surface area (Å²) in [6, 6.07) is 18.0. The number of nitrogens with zero attached hydrogens (tertiary/aromatic N) is 2. The van der Waals surface area contributed by atoms with Gasteiger partial charge in [0, 0.05) is 17.8 Å². The first-order valence-corrected chi connectivity index (χ1v) is 8.65. The van der Waals surface area contributed by atoms with Gasteiger partial charge in [0.25, 0.3) is 0 Å². The summed E-state index contributed by atoms with van der Waals surface area (Å²) in [5.41, 5.74) is 1.70. The third-order valence-corrected chi connectivity index (χ3v) is 4.48. The second-order valence-electron chi connectivity index (χ2n) is 6.28. The van der Waals surface area contributed by atoms with Crippen LogP contribution < -0.4 is 4.90 Å². The fraction of sp³-hybridized carbons (Fsp3) is 0.143. The molecule has 0 fully saturated rings. The van der Waals surface area contributed by atoms with E-state index in [2.05, 4.69) is 4.98 Å². The summed E-state index contributed by atoms with van der Waals surface area (Å²) in [5.74, 6) is -1.55. The van der Waals surface area contributed by atoms with Crippen LogP contribution in [-0.2, 0) is 4.79 Å². The van der Waals surface area contributed by atoms with Crippen molar-refractivity contribution in [1.29, 1.82) is 0 Å². The van der Waals surface area contributed by atoms with Gasteiger partial charge in [-0.2, -0.15) is 13.2 Å². The van der Waals surface area contributed by atoms with Crippen LogP contribution in [0.1, 0.15) is 6.92 Å². The van der Waals surface area contributed by atoms with Gasteiger partial charge in [0.15, 0.2) is 5.58 Å². The van der Waals surface area contributed by atoms with Crippen LogP contribution in [0.3, 0.4) is 0 Å². The van der Waals surface area contributed by atoms with Crippen molar-refractivity contribution in [3.05, 3.63) is 60.7 Å². The number of oxazole rings is 1. The van der Waals surface area contributed by atoms with E-state index in [1.54, 1.807) is 0 Å². The van der Waals surface area contributed by atoms with Crippen LogP contribution in [0.5, 0.6) is 0 Å². The normalized spacial score (nSPS) is 11.9. The highest BCUT2D eigenvalue weighted by atomic mass is 19.4. The van der Waals surface area contributed by atoms with Crippen LogP contribution in [0.2, 0.25) is 0 Å². The Bertz CT molecular complexity index is 1180. The number of amides is 1. The van der Waals surface area contributed by atoms with Crippen LogP contribution in [-0.4, -0.2) is 23.6 Å². The Hall–Kier alpha value is -3.35. The number of halogens is 3. The third kappa shape index (κ3) is 3.19. The highest BCUT2D eigenvalue weighted by molar-refractivity contribution is 5.98. The van der Waals surface area contributed by atoms with Crippen molar-refractivity contribution in [3.63, 3.8) is 0 Å². The van der Waals surface area contributed by atoms with E-state index in [-0.39, 0.29) is 12.2 Å². The van der Waals surface area contributed by atoms with Crippen LogP contribution in [0, 0.1) is 0 Å². The van der Waals surface area contributed by atoms with Gasteiger partial charge in [-0.3, -0.25) is 4.79 Å². The molecule has 0 atom stereocenters. The Balaban J connectivity index is 1.74. The summed E-state index contributed by atoms with van der Waals surface area (Å²) < 4.78 is 44.2. The largest absolute Gasteiger partial charge is 0.471 e. The molecule has 0 aliphatic heterocycles. The molecule has 28 heavy (non-hydrogen) atoms. The predicted molar refractivity (Wildman–Crippen MR) is 101 cm³/mol. The fourth-order valence-corrected chi connectivity index (χ4v) is 3.13. The first kappa shape index (κ1) is 18.0. The molecule has 0 radical (unpaired) electrons. The summed E-state index contributed by atoms with van der Waals surface area (Å²) in [6.07, 6.45) is -4.94. The highest BCUT2D eigenvalue weighted by Gasteiger charge is 2.42. The van der Waals surface area contributed by atoms with Gasteiger partial charge in [0.1, 0.15) is 5.52 Å². The molecular formula is C21H15F3N2O2. The third-order valence-electron chi connectivity index (χ3n) is 4.48. The van der Waals surface area contributed by atoms with Gasteiger partial charge in [-0.15, -0.1) is 0 Å². The molecule has 1 amide bonds. The molecule has 0 aliphatic rings. The summed E-state index contributed by atoms with van der Waals surface area (Å²) in [7, 11) is 0. The number of hydrogen-bond acceptors (Lipinski definition) is 3. The van der Waals surface area contributed by atoms with Crippen molar-refractivity contribution < 1.29 is 22.4 Å². The number of carbonyl (C=O) groups is 1. The molecule has 3 aromatic carbocycles. The molecule has 0 unspecified atom stereocenters. The van der Waals surface area contributed by atoms with E-state index in [4.69, 9.17) is 4.42 Å². The number of alkyl halides is 3. The maximum absolute atomic E-state index is 12.8. The molecule has 4 rings (SSSR count). The maximum Gasteiger partial charge on any atom is 0.471 e. The molecule has 0 aliphatic carbocycles. The summed E-state index contributed by atoms with van der Waals surface area (Å²) in [4.78, 5) is 16.7. The lowest BCUT2D eigenvalue weighted by molar-refractivity contribution is -0.170. The van der Waals surface area contributed by atoms with Gasteiger partial charge in [-0.25, -0.2) is 4.98 Å². The Kier molecular flexibility index (Phi) is 4.30. The zero-order valence-electron chi connectivity index (χ0n) is 14.8. The second kappa shape index (κ2) is 6.67. The molecule has 0 saturated heterocycles. The molecule has 0 saturated carbocycles. The summed E-state index contributed by atoms with van der Waals surface area (Å²) in [5, 5.41) is 2.10. The molecular weight excluding hydrogens is 369 g/mol. The van der Waals surface area contributed by atoms with E-state index >= 15 is 0 Å². The lowest BCUT2D eigenvalue weighted by Gasteiger charge is -2.21. The van der Waals surface area contributed by atoms with E-state index in [0.29, 0.717) is 21.9 Å². The number of rotatable bonds is 3. The van der Waals surface area contributed by atoms with Crippen LogP contribution in [0.25, 0.3) is 33.3 Å².